The van der Waals surface area contributed by atoms with Gasteiger partial charge in [-0.2, -0.15) is 18.3 Å². The van der Waals surface area contributed by atoms with Crippen molar-refractivity contribution in [1.82, 2.24) is 9.78 Å². The third-order valence-corrected chi connectivity index (χ3v) is 3.67. The number of rotatable bonds is 5. The first-order valence-electron chi connectivity index (χ1n) is 6.20. The second-order valence-corrected chi connectivity index (χ2v) is 6.44. The van der Waals surface area contributed by atoms with E-state index >= 15 is 0 Å². The van der Waals surface area contributed by atoms with Gasteiger partial charge >= 0.3 is 6.18 Å². The van der Waals surface area contributed by atoms with E-state index in [2.05, 4.69) is 21.0 Å². The summed E-state index contributed by atoms with van der Waals surface area (Å²) in [6, 6.07) is 0. The second-order valence-electron chi connectivity index (χ2n) is 5.65. The van der Waals surface area contributed by atoms with Crippen LogP contribution in [-0.4, -0.2) is 36.1 Å². The van der Waals surface area contributed by atoms with Crippen molar-refractivity contribution in [2.75, 3.05) is 25.0 Å². The Morgan fingerprint density at radius 3 is 2.48 bits per heavy atom. The van der Waals surface area contributed by atoms with E-state index in [4.69, 9.17) is 5.73 Å². The first kappa shape index (κ1) is 18.0. The molecule has 1 heterocycles. The van der Waals surface area contributed by atoms with Gasteiger partial charge in [0, 0.05) is 13.6 Å². The van der Waals surface area contributed by atoms with Crippen LogP contribution < -0.4 is 16.2 Å². The Balaban J connectivity index is 3.07. The highest BCUT2D eigenvalue weighted by Crippen LogP contribution is 2.25. The lowest BCUT2D eigenvalue weighted by atomic mass is 9.93. The molecule has 120 valence electrons. The Kier molecular flexibility index (Phi) is 5.43. The standard InChI is InChI=1S/C12H18BrF3N4O/c1-11(2,5-17)6-19(3)8-4-18-20(7-12(14,15)16)10(21)9(8)13/h4H,5-7,17H2,1-3H3. The second kappa shape index (κ2) is 6.35. The number of nitrogens with zero attached hydrogens (tertiary/aromatic N) is 3. The van der Waals surface area contributed by atoms with E-state index < -0.39 is 18.3 Å². The molecule has 0 saturated carbocycles. The van der Waals surface area contributed by atoms with Crippen molar-refractivity contribution in [1.29, 1.82) is 0 Å². The van der Waals surface area contributed by atoms with Gasteiger partial charge < -0.3 is 10.6 Å². The minimum Gasteiger partial charge on any atom is -0.372 e. The molecular weight excluding hydrogens is 353 g/mol. The molecule has 0 bridgehead atoms. The minimum absolute atomic E-state index is 0.0528. The summed E-state index contributed by atoms with van der Waals surface area (Å²) in [5.41, 5.74) is 5.06. The van der Waals surface area contributed by atoms with Crippen molar-refractivity contribution >= 4 is 21.6 Å². The largest absolute Gasteiger partial charge is 0.408 e. The predicted molar refractivity (Wildman–Crippen MR) is 78.4 cm³/mol. The maximum absolute atomic E-state index is 12.3. The topological polar surface area (TPSA) is 64.2 Å². The summed E-state index contributed by atoms with van der Waals surface area (Å²) in [5, 5.41) is 3.58. The van der Waals surface area contributed by atoms with Crippen molar-refractivity contribution in [3.63, 3.8) is 0 Å². The van der Waals surface area contributed by atoms with Crippen molar-refractivity contribution in [3.05, 3.63) is 21.0 Å². The molecule has 0 aromatic carbocycles. The SMILES string of the molecule is CN(CC(C)(C)CN)c1cnn(CC(F)(F)F)c(=O)c1Br. The Hall–Kier alpha value is -1.09. The fourth-order valence-electron chi connectivity index (χ4n) is 1.80. The Morgan fingerprint density at radius 1 is 1.43 bits per heavy atom. The molecule has 21 heavy (non-hydrogen) atoms. The van der Waals surface area contributed by atoms with Gasteiger partial charge in [-0.3, -0.25) is 4.79 Å². The molecule has 1 aromatic rings. The molecule has 1 rings (SSSR count). The Morgan fingerprint density at radius 2 is 2.00 bits per heavy atom. The zero-order chi connectivity index (χ0) is 16.4. The summed E-state index contributed by atoms with van der Waals surface area (Å²) >= 11 is 3.06. The Labute approximate surface area is 129 Å². The van der Waals surface area contributed by atoms with Gasteiger partial charge in [-0.25, -0.2) is 4.68 Å². The van der Waals surface area contributed by atoms with Crippen LogP contribution in [0.4, 0.5) is 18.9 Å². The zero-order valence-corrected chi connectivity index (χ0v) is 13.6. The third kappa shape index (κ3) is 4.99. The van der Waals surface area contributed by atoms with Gasteiger partial charge in [0.15, 0.2) is 0 Å². The van der Waals surface area contributed by atoms with Crippen LogP contribution in [0.25, 0.3) is 0 Å². The van der Waals surface area contributed by atoms with Gasteiger partial charge in [-0.1, -0.05) is 13.8 Å². The van der Waals surface area contributed by atoms with Gasteiger partial charge in [0.2, 0.25) is 0 Å². The Bertz CT molecular complexity index is 556. The molecule has 0 aliphatic rings. The van der Waals surface area contributed by atoms with Gasteiger partial charge in [0.05, 0.1) is 11.9 Å². The molecule has 0 amide bonds. The van der Waals surface area contributed by atoms with E-state index in [0.29, 0.717) is 23.5 Å². The molecule has 5 nitrogen and oxygen atoms in total. The number of nitrogens with two attached hydrogens (primary N) is 1. The van der Waals surface area contributed by atoms with Gasteiger partial charge in [0.1, 0.15) is 11.0 Å². The molecule has 0 fully saturated rings. The van der Waals surface area contributed by atoms with E-state index in [1.807, 2.05) is 13.8 Å². The van der Waals surface area contributed by atoms with Crippen molar-refractivity contribution in [2.45, 2.75) is 26.6 Å². The molecular formula is C12H18BrF3N4O. The van der Waals surface area contributed by atoms with E-state index in [-0.39, 0.29) is 9.89 Å². The molecule has 9 heteroatoms. The van der Waals surface area contributed by atoms with Crippen molar-refractivity contribution in [3.8, 4) is 0 Å². The maximum Gasteiger partial charge on any atom is 0.408 e. The average molecular weight is 371 g/mol. The van der Waals surface area contributed by atoms with E-state index in [1.165, 1.54) is 6.20 Å². The van der Waals surface area contributed by atoms with Crippen LogP contribution in [0.15, 0.2) is 15.5 Å². The summed E-state index contributed by atoms with van der Waals surface area (Å²) in [5.74, 6) is 0. The maximum atomic E-state index is 12.3. The molecule has 0 aliphatic carbocycles. The number of halogens is 4. The summed E-state index contributed by atoms with van der Waals surface area (Å²) in [6.07, 6.45) is -3.25. The summed E-state index contributed by atoms with van der Waals surface area (Å²) in [7, 11) is 1.73. The highest BCUT2D eigenvalue weighted by Gasteiger charge is 2.30. The summed E-state index contributed by atoms with van der Waals surface area (Å²) < 4.78 is 37.5. The molecule has 0 atom stereocenters. The molecule has 0 spiro atoms. The normalized spacial score (nSPS) is 12.6. The van der Waals surface area contributed by atoms with Gasteiger partial charge in [0.25, 0.3) is 5.56 Å². The van der Waals surface area contributed by atoms with Crippen LogP contribution in [-0.2, 0) is 6.54 Å². The van der Waals surface area contributed by atoms with E-state index in [0.717, 1.165) is 0 Å². The van der Waals surface area contributed by atoms with Crippen molar-refractivity contribution < 1.29 is 13.2 Å². The molecule has 0 aliphatic heterocycles. The highest BCUT2D eigenvalue weighted by atomic mass is 79.9. The van der Waals surface area contributed by atoms with Crippen LogP contribution in [0, 0.1) is 5.41 Å². The number of alkyl halides is 3. The molecule has 0 unspecified atom stereocenters. The monoisotopic (exact) mass is 370 g/mol. The average Bonchev–Trinajstić information content (AvgIpc) is 2.33. The first-order chi connectivity index (χ1) is 9.47. The quantitative estimate of drug-likeness (QED) is 0.860. The highest BCUT2D eigenvalue weighted by molar-refractivity contribution is 9.10. The minimum atomic E-state index is -4.49. The molecule has 1 aromatic heterocycles. The summed E-state index contributed by atoms with van der Waals surface area (Å²) in [4.78, 5) is 13.6. The summed E-state index contributed by atoms with van der Waals surface area (Å²) in [6.45, 7) is 3.47. The van der Waals surface area contributed by atoms with Crippen molar-refractivity contribution in [2.24, 2.45) is 11.1 Å². The lowest BCUT2D eigenvalue weighted by molar-refractivity contribution is -0.143. The van der Waals surface area contributed by atoms with Crippen LogP contribution in [0.2, 0.25) is 0 Å². The van der Waals surface area contributed by atoms with Gasteiger partial charge in [-0.15, -0.1) is 0 Å². The van der Waals surface area contributed by atoms with Crippen LogP contribution in [0.1, 0.15) is 13.8 Å². The number of anilines is 1. The van der Waals surface area contributed by atoms with Crippen LogP contribution in [0.3, 0.4) is 0 Å². The molecule has 0 radical (unpaired) electrons. The number of aromatic nitrogens is 2. The fourth-order valence-corrected chi connectivity index (χ4v) is 2.41. The van der Waals surface area contributed by atoms with E-state index in [9.17, 15) is 18.0 Å². The van der Waals surface area contributed by atoms with Crippen LogP contribution in [0.5, 0.6) is 0 Å². The third-order valence-electron chi connectivity index (χ3n) is 2.92. The fraction of sp³-hybridized carbons (Fsp3) is 0.667. The first-order valence-corrected chi connectivity index (χ1v) is 7.00. The lowest BCUT2D eigenvalue weighted by Crippen LogP contribution is -2.38. The zero-order valence-electron chi connectivity index (χ0n) is 12.0. The lowest BCUT2D eigenvalue weighted by Gasteiger charge is -2.30. The van der Waals surface area contributed by atoms with E-state index in [1.54, 1.807) is 11.9 Å². The number of hydrogen-bond acceptors (Lipinski definition) is 4. The molecule has 0 saturated heterocycles. The number of hydrogen-bond donors (Lipinski definition) is 1. The predicted octanol–water partition coefficient (Wildman–Crippen LogP) is 1.99. The van der Waals surface area contributed by atoms with Gasteiger partial charge in [-0.05, 0) is 27.9 Å². The molecule has 2 N–H and O–H groups in total. The van der Waals surface area contributed by atoms with Crippen LogP contribution >= 0.6 is 15.9 Å². The smallest absolute Gasteiger partial charge is 0.372 e.